The molecule has 0 amide bonds. The molecule has 0 aliphatic carbocycles. The monoisotopic (exact) mass is 442 g/mol. The molecule has 2 bridgehead atoms. The Hall–Kier alpha value is -2.19. The van der Waals surface area contributed by atoms with Crippen molar-refractivity contribution < 1.29 is 0 Å². The van der Waals surface area contributed by atoms with Crippen molar-refractivity contribution in [2.24, 2.45) is 4.99 Å². The molecule has 0 atom stereocenters. The van der Waals surface area contributed by atoms with Crippen LogP contribution in [-0.4, -0.2) is 99.4 Å². The van der Waals surface area contributed by atoms with Crippen LogP contribution in [0.15, 0.2) is 29.9 Å². The first kappa shape index (κ1) is 24.5. The number of aromatic nitrogens is 4. The van der Waals surface area contributed by atoms with Crippen molar-refractivity contribution >= 4 is 5.84 Å². The van der Waals surface area contributed by atoms with Crippen LogP contribution in [0.3, 0.4) is 0 Å². The lowest BCUT2D eigenvalue weighted by atomic mass is 10.2. The van der Waals surface area contributed by atoms with E-state index in [0.717, 1.165) is 24.5 Å². The lowest BCUT2D eigenvalue weighted by Crippen LogP contribution is -2.55. The quantitative estimate of drug-likeness (QED) is 0.710. The van der Waals surface area contributed by atoms with Gasteiger partial charge in [-0.2, -0.15) is 0 Å². The van der Waals surface area contributed by atoms with Crippen LogP contribution in [0, 0.1) is 6.92 Å². The Kier molecular flexibility index (Phi) is 10.7. The first-order valence-electron chi connectivity index (χ1n) is 12.4. The molecule has 7 rings (SSSR count). The Bertz CT molecular complexity index is 706. The van der Waals surface area contributed by atoms with Crippen LogP contribution < -0.4 is 0 Å². The van der Waals surface area contributed by atoms with Crippen molar-refractivity contribution in [3.8, 4) is 0 Å². The first-order chi connectivity index (χ1) is 15.7. The molecule has 4 saturated heterocycles. The van der Waals surface area contributed by atoms with Crippen LogP contribution in [0.2, 0.25) is 0 Å². The molecule has 0 radical (unpaired) electrons. The number of hydrogen-bond acceptors (Lipinski definition) is 6. The van der Waals surface area contributed by atoms with Crippen LogP contribution >= 0.6 is 0 Å². The summed E-state index contributed by atoms with van der Waals surface area (Å²) in [5.74, 6) is 2.47. The van der Waals surface area contributed by atoms with Gasteiger partial charge in [-0.15, -0.1) is 0 Å². The Morgan fingerprint density at radius 3 is 2.09 bits per heavy atom. The van der Waals surface area contributed by atoms with Crippen LogP contribution in [0.1, 0.15) is 50.5 Å². The fourth-order valence-electron chi connectivity index (χ4n) is 4.32. The summed E-state index contributed by atoms with van der Waals surface area (Å²) in [6, 6.07) is 0. The van der Waals surface area contributed by atoms with E-state index in [9.17, 15) is 0 Å². The fraction of sp³-hybridized carbons (Fsp3) is 0.708. The molecule has 2 aromatic heterocycles. The van der Waals surface area contributed by atoms with Crippen molar-refractivity contribution in [2.75, 3.05) is 58.9 Å². The van der Waals surface area contributed by atoms with Crippen LogP contribution in [0.5, 0.6) is 0 Å². The van der Waals surface area contributed by atoms with Gasteiger partial charge in [0.2, 0.25) is 0 Å². The van der Waals surface area contributed by atoms with Gasteiger partial charge in [0, 0.05) is 96.0 Å². The van der Waals surface area contributed by atoms with Crippen LogP contribution in [-0.2, 0) is 6.42 Å². The van der Waals surface area contributed by atoms with Crippen molar-refractivity contribution in [3.05, 3.63) is 36.4 Å². The van der Waals surface area contributed by atoms with Gasteiger partial charge in [0.1, 0.15) is 5.82 Å². The topological polar surface area (TPSA) is 79.4 Å². The summed E-state index contributed by atoms with van der Waals surface area (Å²) in [4.78, 5) is 25.7. The molecule has 0 saturated carbocycles. The molecular formula is C24H42N8. The summed E-state index contributed by atoms with van der Waals surface area (Å²) in [6.07, 6.45) is 14.6. The van der Waals surface area contributed by atoms with E-state index in [0.29, 0.717) is 0 Å². The predicted molar refractivity (Wildman–Crippen MR) is 131 cm³/mol. The Morgan fingerprint density at radius 2 is 1.62 bits per heavy atom. The molecule has 8 nitrogen and oxygen atoms in total. The van der Waals surface area contributed by atoms with Gasteiger partial charge >= 0.3 is 0 Å². The van der Waals surface area contributed by atoms with Gasteiger partial charge in [-0.05, 0) is 26.2 Å². The third kappa shape index (κ3) is 8.74. The second-order valence-electron chi connectivity index (χ2n) is 8.76. The highest BCUT2D eigenvalue weighted by Crippen LogP contribution is 2.15. The van der Waals surface area contributed by atoms with E-state index in [1.54, 1.807) is 18.7 Å². The molecule has 5 aliphatic heterocycles. The van der Waals surface area contributed by atoms with Gasteiger partial charge in [-0.1, -0.05) is 13.3 Å². The lowest BCUT2D eigenvalue weighted by molar-refractivity contribution is 0.0647. The van der Waals surface area contributed by atoms with Crippen molar-refractivity contribution in [1.82, 2.24) is 34.6 Å². The molecular weight excluding hydrogens is 400 g/mol. The number of imidazole rings is 2. The highest BCUT2D eigenvalue weighted by molar-refractivity contribution is 5.83. The molecule has 0 aromatic carbocycles. The molecule has 4 fully saturated rings. The maximum absolute atomic E-state index is 4.55. The fourth-order valence-corrected chi connectivity index (χ4v) is 4.32. The third-order valence-corrected chi connectivity index (χ3v) is 6.27. The number of rotatable bonds is 1. The summed E-state index contributed by atoms with van der Waals surface area (Å²) in [7, 11) is 0. The Balaban J connectivity index is 0.000000125. The molecule has 7 heterocycles. The second-order valence-corrected chi connectivity index (χ2v) is 8.76. The number of amidine groups is 1. The number of aliphatic imine (C=N–C) groups is 1. The van der Waals surface area contributed by atoms with E-state index < -0.39 is 0 Å². The number of aromatic amines is 2. The van der Waals surface area contributed by atoms with Crippen molar-refractivity contribution in [3.63, 3.8) is 0 Å². The number of hydrogen-bond donors (Lipinski definition) is 2. The molecule has 0 unspecified atom stereocenters. The first-order valence-corrected chi connectivity index (χ1v) is 12.4. The summed E-state index contributed by atoms with van der Waals surface area (Å²) in [6.45, 7) is 15.6. The molecule has 8 heteroatoms. The zero-order valence-corrected chi connectivity index (χ0v) is 20.1. The predicted octanol–water partition coefficient (Wildman–Crippen LogP) is 2.97. The van der Waals surface area contributed by atoms with Crippen LogP contribution in [0.25, 0.3) is 0 Å². The normalized spacial score (nSPS) is 23.7. The Labute approximate surface area is 193 Å². The van der Waals surface area contributed by atoms with Gasteiger partial charge in [0.25, 0.3) is 0 Å². The zero-order valence-electron chi connectivity index (χ0n) is 20.1. The highest BCUT2D eigenvalue weighted by Gasteiger charge is 2.21. The maximum Gasteiger partial charge on any atom is 0.105 e. The largest absolute Gasteiger partial charge is 0.360 e. The van der Waals surface area contributed by atoms with Gasteiger partial charge in [-0.25, -0.2) is 9.97 Å². The van der Waals surface area contributed by atoms with E-state index in [2.05, 4.69) is 46.6 Å². The summed E-state index contributed by atoms with van der Waals surface area (Å²) in [5, 5.41) is 0. The standard InChI is InChI=1S/C9H16N2.C6H12N2.C6H10N2.C3H4N2/c1-2-5-9-10-6-4-8-11(9)7-3-1;1-2-8-5-3-7(1)4-6-8;1-3-6-7-4-5(2)8-6;1-2-5-3-4-1/h1-8H2;1-6H2;4H,3H2,1-2H3,(H,7,8);1-3H,(H,4,5). The summed E-state index contributed by atoms with van der Waals surface area (Å²) >= 11 is 0. The molecule has 32 heavy (non-hydrogen) atoms. The summed E-state index contributed by atoms with van der Waals surface area (Å²) in [5.41, 5.74) is 1.14. The second kappa shape index (κ2) is 14.1. The van der Waals surface area contributed by atoms with Crippen molar-refractivity contribution in [1.29, 1.82) is 0 Å². The van der Waals surface area contributed by atoms with E-state index >= 15 is 0 Å². The van der Waals surface area contributed by atoms with Gasteiger partial charge in [0.15, 0.2) is 0 Å². The number of fused-ring (bicyclic) bond motifs is 4. The number of nitrogens with zero attached hydrogens (tertiary/aromatic N) is 6. The molecule has 5 aliphatic rings. The SMILES string of the molecule is C1CCC2=NCCCN2CC1.C1CN2CCN1CC2.CCc1ncc(C)[nH]1.c1c[nH]cn1. The minimum absolute atomic E-state index is 0.994. The van der Waals surface area contributed by atoms with E-state index in [1.807, 2.05) is 13.1 Å². The van der Waals surface area contributed by atoms with Gasteiger partial charge in [-0.3, -0.25) is 14.8 Å². The number of nitrogens with one attached hydrogen (secondary N) is 2. The number of aryl methyl sites for hydroxylation is 2. The number of H-pyrrole nitrogens is 2. The Morgan fingerprint density at radius 1 is 0.906 bits per heavy atom. The highest BCUT2D eigenvalue weighted by atomic mass is 15.3. The van der Waals surface area contributed by atoms with Crippen molar-refractivity contribution in [2.45, 2.75) is 52.4 Å². The minimum Gasteiger partial charge on any atom is -0.360 e. The zero-order chi connectivity index (χ0) is 22.4. The van der Waals surface area contributed by atoms with E-state index in [1.165, 1.54) is 90.3 Å². The van der Waals surface area contributed by atoms with Crippen LogP contribution in [0.4, 0.5) is 0 Å². The maximum atomic E-state index is 4.55. The number of piperazine rings is 3. The molecule has 2 aromatic rings. The summed E-state index contributed by atoms with van der Waals surface area (Å²) < 4.78 is 0. The molecule has 178 valence electrons. The van der Waals surface area contributed by atoms with E-state index in [4.69, 9.17) is 0 Å². The van der Waals surface area contributed by atoms with E-state index in [-0.39, 0.29) is 0 Å². The minimum atomic E-state index is 0.994. The average Bonchev–Trinajstić information content (AvgIpc) is 3.52. The molecule has 0 spiro atoms. The smallest absolute Gasteiger partial charge is 0.105 e. The lowest BCUT2D eigenvalue weighted by Gasteiger charge is -2.41. The average molecular weight is 443 g/mol. The third-order valence-electron chi connectivity index (χ3n) is 6.27. The van der Waals surface area contributed by atoms with Gasteiger partial charge in [0.05, 0.1) is 12.2 Å². The van der Waals surface area contributed by atoms with Gasteiger partial charge < -0.3 is 14.9 Å². The molecule has 2 N–H and O–H groups in total.